The highest BCUT2D eigenvalue weighted by Crippen LogP contribution is 2.49. The summed E-state index contributed by atoms with van der Waals surface area (Å²) in [6, 6.07) is 19.5. The summed E-state index contributed by atoms with van der Waals surface area (Å²) in [5, 5.41) is 0.997. The standard InChI is InChI=1S/C26H21Cl2NO3/c1-32-20-7-3-4-16(11-20)21-14-26(15-30,22-9-8-19(28)12-24(22)29)23(13-25(21)31)17-5-2-6-18(27)10-17/h2-12,14-15,23H,13,29H2,1H3/t23-,26-/m0/s1. The summed E-state index contributed by atoms with van der Waals surface area (Å²) in [5.41, 5.74) is 8.04. The summed E-state index contributed by atoms with van der Waals surface area (Å²) in [5.74, 6) is 0.0631. The molecule has 0 aliphatic heterocycles. The number of halogens is 2. The van der Waals surface area contributed by atoms with Crippen molar-refractivity contribution in [1.29, 1.82) is 0 Å². The van der Waals surface area contributed by atoms with Gasteiger partial charge in [-0.3, -0.25) is 4.79 Å². The minimum absolute atomic E-state index is 0.0757. The van der Waals surface area contributed by atoms with Crippen LogP contribution in [-0.4, -0.2) is 19.2 Å². The highest BCUT2D eigenvalue weighted by Gasteiger charge is 2.46. The van der Waals surface area contributed by atoms with Crippen LogP contribution in [0.25, 0.3) is 5.57 Å². The fourth-order valence-electron chi connectivity index (χ4n) is 4.41. The average Bonchev–Trinajstić information content (AvgIpc) is 2.79. The van der Waals surface area contributed by atoms with Crippen molar-refractivity contribution in [1.82, 2.24) is 0 Å². The Hall–Kier alpha value is -3.08. The maximum atomic E-state index is 13.3. The van der Waals surface area contributed by atoms with E-state index in [1.54, 1.807) is 55.7 Å². The lowest BCUT2D eigenvalue weighted by atomic mass is 9.61. The fraction of sp³-hybridized carbons (Fsp3) is 0.154. The van der Waals surface area contributed by atoms with Gasteiger partial charge in [-0.1, -0.05) is 59.6 Å². The summed E-state index contributed by atoms with van der Waals surface area (Å²) in [7, 11) is 1.56. The quantitative estimate of drug-likeness (QED) is 0.378. The number of hydrogen-bond acceptors (Lipinski definition) is 4. The third-order valence-electron chi connectivity index (χ3n) is 5.96. The number of allylic oxidation sites excluding steroid dienone is 2. The van der Waals surface area contributed by atoms with E-state index in [1.807, 2.05) is 24.3 Å². The zero-order valence-corrected chi connectivity index (χ0v) is 18.9. The van der Waals surface area contributed by atoms with Crippen LogP contribution in [0, 0.1) is 0 Å². The Morgan fingerprint density at radius 2 is 1.78 bits per heavy atom. The van der Waals surface area contributed by atoms with E-state index < -0.39 is 11.3 Å². The van der Waals surface area contributed by atoms with Crippen LogP contribution in [0.5, 0.6) is 5.75 Å². The Labute approximate surface area is 196 Å². The SMILES string of the molecule is COc1cccc(C2=C[C@](C=O)(c3ccc(Cl)cc3N)[C@H](c3cccc(Cl)c3)CC2=O)c1. The van der Waals surface area contributed by atoms with Gasteiger partial charge < -0.3 is 15.3 Å². The average molecular weight is 466 g/mol. The van der Waals surface area contributed by atoms with Gasteiger partial charge in [-0.15, -0.1) is 0 Å². The molecule has 0 saturated heterocycles. The molecule has 2 atom stereocenters. The van der Waals surface area contributed by atoms with E-state index in [2.05, 4.69) is 0 Å². The first kappa shape index (κ1) is 22.1. The minimum atomic E-state index is -1.19. The first-order chi connectivity index (χ1) is 15.4. The molecule has 4 nitrogen and oxygen atoms in total. The maximum Gasteiger partial charge on any atom is 0.163 e. The Bertz CT molecular complexity index is 1240. The molecule has 2 N–H and O–H groups in total. The van der Waals surface area contributed by atoms with Gasteiger partial charge in [0.1, 0.15) is 12.0 Å². The summed E-state index contributed by atoms with van der Waals surface area (Å²) >= 11 is 12.4. The number of Topliss-reactive ketones (excluding diaryl/α,β-unsaturated/α-hetero) is 1. The minimum Gasteiger partial charge on any atom is -0.497 e. The molecule has 6 heteroatoms. The molecule has 1 aliphatic rings. The van der Waals surface area contributed by atoms with Gasteiger partial charge in [0.05, 0.1) is 12.5 Å². The summed E-state index contributed by atoms with van der Waals surface area (Å²) in [6.07, 6.45) is 2.71. The van der Waals surface area contributed by atoms with Crippen molar-refractivity contribution in [3.8, 4) is 5.75 Å². The van der Waals surface area contributed by atoms with Crippen LogP contribution in [0.4, 0.5) is 5.69 Å². The first-order valence-corrected chi connectivity index (χ1v) is 10.8. The van der Waals surface area contributed by atoms with Crippen molar-refractivity contribution in [2.75, 3.05) is 12.8 Å². The van der Waals surface area contributed by atoms with Crippen LogP contribution < -0.4 is 10.5 Å². The molecule has 0 aromatic heterocycles. The monoisotopic (exact) mass is 465 g/mol. The number of carbonyl (C=O) groups is 2. The molecule has 0 saturated carbocycles. The molecule has 0 heterocycles. The summed E-state index contributed by atoms with van der Waals surface area (Å²) < 4.78 is 5.32. The highest BCUT2D eigenvalue weighted by molar-refractivity contribution is 6.31. The van der Waals surface area contributed by atoms with Crippen LogP contribution in [0.15, 0.2) is 72.8 Å². The molecule has 32 heavy (non-hydrogen) atoms. The van der Waals surface area contributed by atoms with Crippen molar-refractivity contribution in [2.45, 2.75) is 17.8 Å². The molecular weight excluding hydrogens is 445 g/mol. The van der Waals surface area contributed by atoms with Crippen molar-refractivity contribution in [3.05, 3.63) is 99.5 Å². The lowest BCUT2D eigenvalue weighted by Gasteiger charge is -2.39. The number of carbonyl (C=O) groups excluding carboxylic acids is 2. The van der Waals surface area contributed by atoms with E-state index >= 15 is 0 Å². The number of aldehydes is 1. The zero-order valence-electron chi connectivity index (χ0n) is 17.3. The second-order valence-electron chi connectivity index (χ2n) is 7.81. The molecule has 0 radical (unpaired) electrons. The molecule has 0 amide bonds. The molecule has 3 aromatic rings. The fourth-order valence-corrected chi connectivity index (χ4v) is 4.79. The number of nitrogens with two attached hydrogens (primary N) is 1. The van der Waals surface area contributed by atoms with Gasteiger partial charge in [-0.05, 0) is 53.1 Å². The number of benzene rings is 3. The third-order valence-corrected chi connectivity index (χ3v) is 6.43. The van der Waals surface area contributed by atoms with Crippen LogP contribution >= 0.6 is 23.2 Å². The topological polar surface area (TPSA) is 69.4 Å². The molecular formula is C26H21Cl2NO3. The summed E-state index contributed by atoms with van der Waals surface area (Å²) in [4.78, 5) is 26.2. The second-order valence-corrected chi connectivity index (χ2v) is 8.68. The van der Waals surface area contributed by atoms with Crippen molar-refractivity contribution >= 4 is 46.5 Å². The number of nitrogen functional groups attached to an aromatic ring is 1. The van der Waals surface area contributed by atoms with Gasteiger partial charge in [0, 0.05) is 33.6 Å². The van der Waals surface area contributed by atoms with Crippen molar-refractivity contribution in [2.24, 2.45) is 0 Å². The lowest BCUT2D eigenvalue weighted by molar-refractivity contribution is -0.116. The number of rotatable bonds is 5. The molecule has 4 rings (SSSR count). The van der Waals surface area contributed by atoms with Crippen molar-refractivity contribution < 1.29 is 14.3 Å². The highest BCUT2D eigenvalue weighted by atomic mass is 35.5. The number of anilines is 1. The smallest absolute Gasteiger partial charge is 0.163 e. The van der Waals surface area contributed by atoms with Gasteiger partial charge in [0.25, 0.3) is 0 Å². The van der Waals surface area contributed by atoms with E-state index in [0.29, 0.717) is 38.2 Å². The van der Waals surface area contributed by atoms with E-state index in [1.165, 1.54) is 0 Å². The van der Waals surface area contributed by atoms with E-state index in [4.69, 9.17) is 33.7 Å². The van der Waals surface area contributed by atoms with Gasteiger partial charge in [0.15, 0.2) is 5.78 Å². The van der Waals surface area contributed by atoms with Crippen molar-refractivity contribution in [3.63, 3.8) is 0 Å². The Morgan fingerprint density at radius 3 is 2.47 bits per heavy atom. The Balaban J connectivity index is 1.99. The van der Waals surface area contributed by atoms with Crippen LogP contribution in [0.3, 0.4) is 0 Å². The number of methoxy groups -OCH3 is 1. The lowest BCUT2D eigenvalue weighted by Crippen LogP contribution is -2.39. The predicted octanol–water partition coefficient (Wildman–Crippen LogP) is 5.86. The molecule has 0 fully saturated rings. The summed E-state index contributed by atoms with van der Waals surface area (Å²) in [6.45, 7) is 0. The predicted molar refractivity (Wildman–Crippen MR) is 128 cm³/mol. The van der Waals surface area contributed by atoms with Gasteiger partial charge in [-0.25, -0.2) is 0 Å². The first-order valence-electron chi connectivity index (χ1n) is 10.1. The molecule has 162 valence electrons. The molecule has 0 spiro atoms. The largest absolute Gasteiger partial charge is 0.497 e. The van der Waals surface area contributed by atoms with Gasteiger partial charge >= 0.3 is 0 Å². The van der Waals surface area contributed by atoms with Gasteiger partial charge in [-0.2, -0.15) is 0 Å². The maximum absolute atomic E-state index is 13.3. The van der Waals surface area contributed by atoms with Gasteiger partial charge in [0.2, 0.25) is 0 Å². The Kier molecular flexibility index (Phi) is 6.09. The molecule has 3 aromatic carbocycles. The molecule has 0 bridgehead atoms. The second kappa shape index (κ2) is 8.81. The molecule has 1 aliphatic carbocycles. The Morgan fingerprint density at radius 1 is 1.03 bits per heavy atom. The van der Waals surface area contributed by atoms with Crippen LogP contribution in [0.2, 0.25) is 10.0 Å². The van der Waals surface area contributed by atoms with Crippen LogP contribution in [-0.2, 0) is 15.0 Å². The van der Waals surface area contributed by atoms with E-state index in [-0.39, 0.29) is 12.2 Å². The molecule has 0 unspecified atom stereocenters. The van der Waals surface area contributed by atoms with E-state index in [0.717, 1.165) is 11.8 Å². The normalized spacial score (nSPS) is 20.5. The van der Waals surface area contributed by atoms with E-state index in [9.17, 15) is 9.59 Å². The number of hydrogen-bond donors (Lipinski definition) is 1. The number of ether oxygens (including phenoxy) is 1. The third kappa shape index (κ3) is 3.92. The van der Waals surface area contributed by atoms with Crippen LogP contribution in [0.1, 0.15) is 29.0 Å². The zero-order chi connectivity index (χ0) is 22.9. The number of ketones is 1.